The minimum atomic E-state index is -8.53. The molecule has 2 aliphatic heterocycles. The summed E-state index contributed by atoms with van der Waals surface area (Å²) >= 11 is 0. The van der Waals surface area contributed by atoms with Gasteiger partial charge in [0.05, 0.1) is 26.4 Å². The van der Waals surface area contributed by atoms with Gasteiger partial charge in [0.2, 0.25) is 0 Å². The summed E-state index contributed by atoms with van der Waals surface area (Å²) < 4.78 is 292. The van der Waals surface area contributed by atoms with Crippen molar-refractivity contribution < 1.29 is 116 Å². The fourth-order valence-electron chi connectivity index (χ4n) is 2.52. The second-order valence-electron chi connectivity index (χ2n) is 8.92. The number of hydrogen-bond acceptors (Lipinski definition) is 6. The Labute approximate surface area is 229 Å². The highest BCUT2D eigenvalue weighted by molar-refractivity contribution is 5.01. The van der Waals surface area contributed by atoms with Gasteiger partial charge in [0.1, 0.15) is 25.4 Å². The third-order valence-electron chi connectivity index (χ3n) is 5.27. The van der Waals surface area contributed by atoms with E-state index in [0.717, 1.165) is 0 Å². The summed E-state index contributed by atoms with van der Waals surface area (Å²) in [7, 11) is 0. The molecule has 2 atom stereocenters. The molecule has 0 bridgehead atoms. The molecule has 0 spiro atoms. The molecular formula is C18H14F20O6. The van der Waals surface area contributed by atoms with Crippen molar-refractivity contribution in [1.82, 2.24) is 0 Å². The monoisotopic (exact) mass is 706 g/mol. The van der Waals surface area contributed by atoms with Crippen LogP contribution in [0.2, 0.25) is 0 Å². The SMILES string of the molecule is FC(F)(COC[C@H]1CO1)C(F)(F)C(F)(F)OC(F)(F)C(F)(F)C(F)(F)C(F)(F)OC(F)(F)C(F)(F)C(F)(F)COC[C@H]1CO1. The molecule has 26 heteroatoms. The van der Waals surface area contributed by atoms with Gasteiger partial charge in [-0.05, 0) is 0 Å². The molecule has 2 fully saturated rings. The molecular weight excluding hydrogens is 692 g/mol. The topological polar surface area (TPSA) is 62.0 Å². The first-order valence-corrected chi connectivity index (χ1v) is 10.9. The molecule has 0 aromatic rings. The Kier molecular flexibility index (Phi) is 10.1. The predicted octanol–water partition coefficient (Wildman–Crippen LogP) is 6.03. The zero-order chi connectivity index (χ0) is 34.6. The molecule has 2 rings (SSSR count). The Hall–Kier alpha value is -1.64. The van der Waals surface area contributed by atoms with Crippen LogP contribution in [-0.2, 0) is 28.4 Å². The van der Waals surface area contributed by atoms with Gasteiger partial charge in [0.25, 0.3) is 0 Å². The van der Waals surface area contributed by atoms with Gasteiger partial charge in [-0.15, -0.1) is 0 Å². The van der Waals surface area contributed by atoms with Gasteiger partial charge in [-0.2, -0.15) is 87.8 Å². The van der Waals surface area contributed by atoms with E-state index >= 15 is 0 Å². The van der Waals surface area contributed by atoms with E-state index in [-0.39, 0.29) is 13.2 Å². The third kappa shape index (κ3) is 7.17. The minimum Gasteiger partial charge on any atom is -0.372 e. The van der Waals surface area contributed by atoms with Gasteiger partial charge >= 0.3 is 60.0 Å². The van der Waals surface area contributed by atoms with Crippen molar-refractivity contribution in [3.05, 3.63) is 0 Å². The molecule has 44 heavy (non-hydrogen) atoms. The molecule has 0 unspecified atom stereocenters. The molecule has 0 saturated carbocycles. The molecule has 2 saturated heterocycles. The molecule has 262 valence electrons. The molecule has 0 radical (unpaired) electrons. The fourth-order valence-corrected chi connectivity index (χ4v) is 2.52. The van der Waals surface area contributed by atoms with Gasteiger partial charge in [-0.3, -0.25) is 0 Å². The molecule has 0 aliphatic carbocycles. The summed E-state index contributed by atoms with van der Waals surface area (Å²) in [6, 6.07) is 0. The summed E-state index contributed by atoms with van der Waals surface area (Å²) in [6.45, 7) is -8.08. The van der Waals surface area contributed by atoms with Crippen LogP contribution in [0.15, 0.2) is 0 Å². The van der Waals surface area contributed by atoms with Crippen molar-refractivity contribution in [2.24, 2.45) is 0 Å². The summed E-state index contributed by atoms with van der Waals surface area (Å²) in [6.07, 6.45) is -33.8. The van der Waals surface area contributed by atoms with Gasteiger partial charge in [0, 0.05) is 0 Å². The average molecular weight is 706 g/mol. The van der Waals surface area contributed by atoms with Crippen molar-refractivity contribution in [3.63, 3.8) is 0 Å². The van der Waals surface area contributed by atoms with Gasteiger partial charge in [0.15, 0.2) is 0 Å². The molecule has 0 aromatic carbocycles. The van der Waals surface area contributed by atoms with Crippen LogP contribution < -0.4 is 0 Å². The Balaban J connectivity index is 2.28. The van der Waals surface area contributed by atoms with Crippen molar-refractivity contribution in [1.29, 1.82) is 0 Å². The molecule has 2 aliphatic rings. The van der Waals surface area contributed by atoms with E-state index in [1.54, 1.807) is 0 Å². The van der Waals surface area contributed by atoms with Crippen LogP contribution in [0.5, 0.6) is 0 Å². The zero-order valence-electron chi connectivity index (χ0n) is 20.4. The highest BCUT2D eigenvalue weighted by atomic mass is 19.4. The van der Waals surface area contributed by atoms with E-state index < -0.39 is 98.6 Å². The summed E-state index contributed by atoms with van der Waals surface area (Å²) in [5, 5.41) is 0. The van der Waals surface area contributed by atoms with E-state index in [4.69, 9.17) is 0 Å². The van der Waals surface area contributed by atoms with Crippen molar-refractivity contribution in [2.45, 2.75) is 72.2 Å². The minimum absolute atomic E-state index is 0.207. The normalized spacial score (nSPS) is 21.5. The van der Waals surface area contributed by atoms with Gasteiger partial charge in [-0.1, -0.05) is 0 Å². The lowest BCUT2D eigenvalue weighted by Gasteiger charge is -2.40. The lowest BCUT2D eigenvalue weighted by Crippen LogP contribution is -2.69. The van der Waals surface area contributed by atoms with Crippen molar-refractivity contribution in [2.75, 3.05) is 39.6 Å². The van der Waals surface area contributed by atoms with Crippen LogP contribution in [0.25, 0.3) is 0 Å². The number of hydrogen-bond donors (Lipinski definition) is 0. The van der Waals surface area contributed by atoms with E-state index in [1.807, 2.05) is 0 Å². The molecule has 6 nitrogen and oxygen atoms in total. The number of epoxide rings is 2. The zero-order valence-corrected chi connectivity index (χ0v) is 20.4. The first kappa shape index (κ1) is 38.5. The van der Waals surface area contributed by atoms with Crippen LogP contribution in [-0.4, -0.2) is 112 Å². The lowest BCUT2D eigenvalue weighted by molar-refractivity contribution is -0.539. The Bertz CT molecular complexity index is 918. The lowest BCUT2D eigenvalue weighted by atomic mass is 10.1. The first-order chi connectivity index (χ1) is 19.3. The standard InChI is InChI=1S/C18H14F20O6/c19-9(20,5-39-1-7-3-41-7)11(23,24)15(31,32)43-17(35,36)13(27,28)14(29,30)18(37,38)44-16(33,34)12(25,26)10(21,22)6-40-2-8-4-42-8/h7-8H,1-6H2/t7-,8-/m0/s1. The highest BCUT2D eigenvalue weighted by Crippen LogP contribution is 2.59. The summed E-state index contributed by atoms with van der Waals surface area (Å²) in [5.41, 5.74) is 0. The summed E-state index contributed by atoms with van der Waals surface area (Å²) in [5.74, 6) is -44.6. The van der Waals surface area contributed by atoms with Crippen LogP contribution in [0, 0.1) is 0 Å². The van der Waals surface area contributed by atoms with Crippen LogP contribution in [0.4, 0.5) is 87.8 Å². The number of ether oxygens (including phenoxy) is 6. The van der Waals surface area contributed by atoms with E-state index in [0.29, 0.717) is 0 Å². The maximum absolute atomic E-state index is 13.7. The van der Waals surface area contributed by atoms with E-state index in [2.05, 4.69) is 18.9 Å². The smallest absolute Gasteiger partial charge is 0.372 e. The Morgan fingerprint density at radius 1 is 0.409 bits per heavy atom. The summed E-state index contributed by atoms with van der Waals surface area (Å²) in [4.78, 5) is 0. The number of halogens is 20. The van der Waals surface area contributed by atoms with Gasteiger partial charge in [-0.25, -0.2) is 9.47 Å². The molecule has 0 N–H and O–H groups in total. The van der Waals surface area contributed by atoms with Crippen molar-refractivity contribution >= 4 is 0 Å². The second kappa shape index (κ2) is 11.6. The van der Waals surface area contributed by atoms with Crippen LogP contribution in [0.1, 0.15) is 0 Å². The maximum Gasteiger partial charge on any atom is 0.430 e. The Morgan fingerprint density at radius 3 is 0.864 bits per heavy atom. The second-order valence-corrected chi connectivity index (χ2v) is 8.92. The first-order valence-electron chi connectivity index (χ1n) is 10.9. The maximum atomic E-state index is 13.7. The average Bonchev–Trinajstić information content (AvgIpc) is 3.73. The third-order valence-corrected chi connectivity index (χ3v) is 5.27. The van der Waals surface area contributed by atoms with Crippen LogP contribution in [0.3, 0.4) is 0 Å². The molecule has 0 amide bonds. The number of alkyl halides is 20. The predicted molar refractivity (Wildman–Crippen MR) is 92.8 cm³/mol. The van der Waals surface area contributed by atoms with E-state index in [9.17, 15) is 87.8 Å². The largest absolute Gasteiger partial charge is 0.430 e. The fraction of sp³-hybridized carbons (Fsp3) is 1.00. The Morgan fingerprint density at radius 2 is 0.636 bits per heavy atom. The number of rotatable bonds is 19. The van der Waals surface area contributed by atoms with E-state index in [1.165, 1.54) is 9.47 Å². The van der Waals surface area contributed by atoms with Crippen molar-refractivity contribution in [3.8, 4) is 0 Å². The van der Waals surface area contributed by atoms with Crippen LogP contribution >= 0.6 is 0 Å². The van der Waals surface area contributed by atoms with Gasteiger partial charge < -0.3 is 18.9 Å². The quantitative estimate of drug-likeness (QED) is 0.121. The molecule has 0 aromatic heterocycles. The molecule has 2 heterocycles. The highest BCUT2D eigenvalue weighted by Gasteiger charge is 2.88.